The van der Waals surface area contributed by atoms with Crippen molar-refractivity contribution >= 4 is 5.69 Å². The van der Waals surface area contributed by atoms with Crippen molar-refractivity contribution in [3.8, 4) is 17.7 Å². The Kier molecular flexibility index (Phi) is 3.11. The molecule has 2 aromatic rings. The fourth-order valence-corrected chi connectivity index (χ4v) is 1.40. The van der Waals surface area contributed by atoms with Crippen LogP contribution in [-0.4, -0.2) is 4.98 Å². The summed E-state index contributed by atoms with van der Waals surface area (Å²) in [7, 11) is 0. The molecule has 0 bridgehead atoms. The number of anilines is 1. The molecule has 18 heavy (non-hydrogen) atoms. The third-order valence-electron chi connectivity index (χ3n) is 2.40. The molecule has 0 aliphatic carbocycles. The lowest BCUT2D eigenvalue weighted by Gasteiger charge is -2.08. The topological polar surface area (TPSA) is 71.9 Å². The van der Waals surface area contributed by atoms with E-state index in [0.717, 1.165) is 0 Å². The monoisotopic (exact) mass is 243 g/mol. The largest absolute Gasteiger partial charge is 0.436 e. The molecule has 1 aromatic heterocycles. The number of hydrogen-bond acceptors (Lipinski definition) is 4. The minimum absolute atomic E-state index is 0.0317. The second kappa shape index (κ2) is 4.72. The quantitative estimate of drug-likeness (QED) is 0.823. The summed E-state index contributed by atoms with van der Waals surface area (Å²) in [5, 5.41) is 8.74. The van der Waals surface area contributed by atoms with E-state index in [1.54, 1.807) is 6.92 Å². The number of halogens is 1. The molecule has 0 aliphatic rings. The maximum Gasteiger partial charge on any atom is 0.220 e. The molecule has 4 nitrogen and oxygen atoms in total. The highest BCUT2D eigenvalue weighted by molar-refractivity contribution is 5.51. The minimum atomic E-state index is -0.567. The molecule has 0 radical (unpaired) electrons. The summed E-state index contributed by atoms with van der Waals surface area (Å²) in [6, 6.07) is 7.61. The van der Waals surface area contributed by atoms with Crippen molar-refractivity contribution in [3.05, 3.63) is 47.4 Å². The Bertz CT molecular complexity index is 635. The van der Waals surface area contributed by atoms with E-state index < -0.39 is 5.82 Å². The number of nitrogen functional groups attached to an aromatic ring is 1. The minimum Gasteiger partial charge on any atom is -0.436 e. The molecule has 1 aromatic carbocycles. The molecule has 2 N–H and O–H groups in total. The average Bonchev–Trinajstić information content (AvgIpc) is 2.36. The van der Waals surface area contributed by atoms with Crippen LogP contribution in [0.2, 0.25) is 0 Å². The fourth-order valence-electron chi connectivity index (χ4n) is 1.40. The first-order chi connectivity index (χ1) is 8.60. The summed E-state index contributed by atoms with van der Waals surface area (Å²) in [6.45, 7) is 1.75. The van der Waals surface area contributed by atoms with Gasteiger partial charge in [0.05, 0.1) is 11.6 Å². The van der Waals surface area contributed by atoms with Gasteiger partial charge in [0, 0.05) is 24.0 Å². The first kappa shape index (κ1) is 11.9. The maximum atomic E-state index is 13.6. The number of pyridine rings is 1. The van der Waals surface area contributed by atoms with Gasteiger partial charge in [0.1, 0.15) is 0 Å². The summed E-state index contributed by atoms with van der Waals surface area (Å²) in [4.78, 5) is 3.90. The SMILES string of the molecule is Cc1cc(Oc2cc(C#N)ccn2)c(F)cc1N. The van der Waals surface area contributed by atoms with E-state index in [4.69, 9.17) is 15.7 Å². The summed E-state index contributed by atoms with van der Waals surface area (Å²) in [6.07, 6.45) is 1.43. The molecule has 0 saturated heterocycles. The number of aromatic nitrogens is 1. The van der Waals surface area contributed by atoms with Crippen LogP contribution in [0.5, 0.6) is 11.6 Å². The van der Waals surface area contributed by atoms with Crippen LogP contribution in [0, 0.1) is 24.1 Å². The number of hydrogen-bond donors (Lipinski definition) is 1. The number of nitrogens with two attached hydrogens (primary N) is 1. The van der Waals surface area contributed by atoms with Crippen LogP contribution in [0.4, 0.5) is 10.1 Å². The predicted octanol–water partition coefficient (Wildman–Crippen LogP) is 2.78. The van der Waals surface area contributed by atoms with Crippen molar-refractivity contribution in [3.63, 3.8) is 0 Å². The highest BCUT2D eigenvalue weighted by Gasteiger charge is 2.09. The first-order valence-corrected chi connectivity index (χ1v) is 5.20. The molecule has 90 valence electrons. The molecule has 0 saturated carbocycles. The molecule has 0 spiro atoms. The van der Waals surface area contributed by atoms with Crippen LogP contribution in [0.1, 0.15) is 11.1 Å². The lowest BCUT2D eigenvalue weighted by molar-refractivity contribution is 0.427. The van der Waals surface area contributed by atoms with Crippen LogP contribution in [-0.2, 0) is 0 Å². The van der Waals surface area contributed by atoms with Gasteiger partial charge < -0.3 is 10.5 Å². The van der Waals surface area contributed by atoms with Crippen LogP contribution < -0.4 is 10.5 Å². The van der Waals surface area contributed by atoms with Gasteiger partial charge in [0.25, 0.3) is 0 Å². The molecular formula is C13H10FN3O. The van der Waals surface area contributed by atoms with Gasteiger partial charge in [0.15, 0.2) is 11.6 Å². The highest BCUT2D eigenvalue weighted by atomic mass is 19.1. The number of nitrogens with zero attached hydrogens (tertiary/aromatic N) is 2. The third kappa shape index (κ3) is 2.38. The number of aryl methyl sites for hydroxylation is 1. The zero-order valence-corrected chi connectivity index (χ0v) is 9.64. The van der Waals surface area contributed by atoms with Gasteiger partial charge in [0.2, 0.25) is 5.88 Å². The van der Waals surface area contributed by atoms with E-state index >= 15 is 0 Å². The van der Waals surface area contributed by atoms with E-state index in [-0.39, 0.29) is 11.6 Å². The van der Waals surface area contributed by atoms with E-state index in [1.807, 2.05) is 6.07 Å². The summed E-state index contributed by atoms with van der Waals surface area (Å²) in [5.74, 6) is -0.372. The lowest BCUT2D eigenvalue weighted by Crippen LogP contribution is -1.96. The van der Waals surface area contributed by atoms with Crippen molar-refractivity contribution < 1.29 is 9.13 Å². The van der Waals surface area contributed by atoms with Gasteiger partial charge in [-0.25, -0.2) is 9.37 Å². The van der Waals surface area contributed by atoms with Gasteiger partial charge in [-0.1, -0.05) is 0 Å². The van der Waals surface area contributed by atoms with Gasteiger partial charge in [-0.15, -0.1) is 0 Å². The summed E-state index contributed by atoms with van der Waals surface area (Å²) < 4.78 is 18.9. The molecule has 0 unspecified atom stereocenters. The van der Waals surface area contributed by atoms with Gasteiger partial charge in [-0.05, 0) is 24.6 Å². The molecule has 0 atom stereocenters. The van der Waals surface area contributed by atoms with Crippen LogP contribution in [0.3, 0.4) is 0 Å². The van der Waals surface area contributed by atoms with Crippen molar-refractivity contribution in [2.45, 2.75) is 6.92 Å². The third-order valence-corrected chi connectivity index (χ3v) is 2.40. The standard InChI is InChI=1S/C13H10FN3O/c1-8-4-12(10(14)6-11(8)16)18-13-5-9(7-15)2-3-17-13/h2-6H,16H2,1H3. The van der Waals surface area contributed by atoms with Crippen molar-refractivity contribution in [1.29, 1.82) is 5.26 Å². The van der Waals surface area contributed by atoms with E-state index in [0.29, 0.717) is 16.8 Å². The molecule has 0 aliphatic heterocycles. The van der Waals surface area contributed by atoms with Crippen LogP contribution in [0.15, 0.2) is 30.5 Å². The number of ether oxygens (including phenoxy) is 1. The van der Waals surface area contributed by atoms with Crippen LogP contribution >= 0.6 is 0 Å². The predicted molar refractivity (Wildman–Crippen MR) is 64.6 cm³/mol. The van der Waals surface area contributed by atoms with Gasteiger partial charge >= 0.3 is 0 Å². The Morgan fingerprint density at radius 2 is 2.17 bits per heavy atom. The second-order valence-electron chi connectivity index (χ2n) is 3.74. The average molecular weight is 243 g/mol. The Morgan fingerprint density at radius 1 is 1.39 bits per heavy atom. The smallest absolute Gasteiger partial charge is 0.220 e. The van der Waals surface area contributed by atoms with E-state index in [9.17, 15) is 4.39 Å². The van der Waals surface area contributed by atoms with Crippen molar-refractivity contribution in [2.75, 3.05) is 5.73 Å². The summed E-state index contributed by atoms with van der Waals surface area (Å²) in [5.41, 5.74) is 7.04. The lowest BCUT2D eigenvalue weighted by atomic mass is 10.2. The van der Waals surface area contributed by atoms with Gasteiger partial charge in [-0.3, -0.25) is 0 Å². The zero-order valence-electron chi connectivity index (χ0n) is 9.64. The molecule has 1 heterocycles. The number of rotatable bonds is 2. The van der Waals surface area contributed by atoms with Crippen molar-refractivity contribution in [1.82, 2.24) is 4.98 Å². The summed E-state index contributed by atoms with van der Waals surface area (Å²) >= 11 is 0. The van der Waals surface area contributed by atoms with E-state index in [2.05, 4.69) is 4.98 Å². The number of benzene rings is 1. The van der Waals surface area contributed by atoms with Crippen molar-refractivity contribution in [2.24, 2.45) is 0 Å². The maximum absolute atomic E-state index is 13.6. The fraction of sp³-hybridized carbons (Fsp3) is 0.0769. The normalized spacial score (nSPS) is 9.83. The number of nitriles is 1. The van der Waals surface area contributed by atoms with Crippen LogP contribution in [0.25, 0.3) is 0 Å². The molecular weight excluding hydrogens is 233 g/mol. The van der Waals surface area contributed by atoms with Gasteiger partial charge in [-0.2, -0.15) is 5.26 Å². The molecule has 5 heteroatoms. The highest BCUT2D eigenvalue weighted by Crippen LogP contribution is 2.27. The second-order valence-corrected chi connectivity index (χ2v) is 3.74. The Morgan fingerprint density at radius 3 is 2.89 bits per heavy atom. The Labute approximate surface area is 103 Å². The zero-order chi connectivity index (χ0) is 13.1. The molecule has 0 fully saturated rings. The van der Waals surface area contributed by atoms with E-state index in [1.165, 1.54) is 30.5 Å². The Balaban J connectivity index is 2.34. The molecule has 2 rings (SSSR count). The first-order valence-electron chi connectivity index (χ1n) is 5.20. The Hall–Kier alpha value is -2.61. The molecule has 0 amide bonds.